The third kappa shape index (κ3) is 2.56. The van der Waals surface area contributed by atoms with Gasteiger partial charge in [-0.15, -0.1) is 0 Å². The molecule has 0 unspecified atom stereocenters. The fraction of sp³-hybridized carbons (Fsp3) is 0.462. The topological polar surface area (TPSA) is 67.6 Å². The third-order valence-corrected chi connectivity index (χ3v) is 3.18. The number of hydrogen-bond donors (Lipinski definition) is 2. The zero-order valence-electron chi connectivity index (χ0n) is 10.8. The standard InChI is InChI=1S/C13H19N3O2/c1-9-8-16(6-5-15-9)10-3-4-12(18-2)11(7-10)13(14)17/h3-4,7,9,15H,5-6,8H2,1-2H3,(H2,14,17)/t9-/m1/s1. The van der Waals surface area contributed by atoms with Crippen molar-refractivity contribution < 1.29 is 9.53 Å². The predicted molar refractivity (Wildman–Crippen MR) is 71.2 cm³/mol. The van der Waals surface area contributed by atoms with Gasteiger partial charge in [0.2, 0.25) is 0 Å². The summed E-state index contributed by atoms with van der Waals surface area (Å²) in [7, 11) is 1.54. The summed E-state index contributed by atoms with van der Waals surface area (Å²) in [5.41, 5.74) is 6.81. The highest BCUT2D eigenvalue weighted by Gasteiger charge is 2.18. The second kappa shape index (κ2) is 5.27. The minimum atomic E-state index is -0.461. The first kappa shape index (κ1) is 12.7. The van der Waals surface area contributed by atoms with E-state index in [0.717, 1.165) is 25.3 Å². The van der Waals surface area contributed by atoms with Crippen LogP contribution in [0.25, 0.3) is 0 Å². The van der Waals surface area contributed by atoms with Crippen LogP contribution in [0.5, 0.6) is 5.75 Å². The van der Waals surface area contributed by atoms with E-state index in [2.05, 4.69) is 17.1 Å². The third-order valence-electron chi connectivity index (χ3n) is 3.18. The van der Waals surface area contributed by atoms with Gasteiger partial charge in [0.25, 0.3) is 5.91 Å². The van der Waals surface area contributed by atoms with E-state index >= 15 is 0 Å². The van der Waals surface area contributed by atoms with Crippen molar-refractivity contribution in [2.45, 2.75) is 13.0 Å². The molecule has 1 fully saturated rings. The van der Waals surface area contributed by atoms with Gasteiger partial charge >= 0.3 is 0 Å². The van der Waals surface area contributed by atoms with Crippen molar-refractivity contribution in [1.29, 1.82) is 0 Å². The molecule has 0 saturated carbocycles. The average Bonchev–Trinajstić information content (AvgIpc) is 2.38. The van der Waals surface area contributed by atoms with Crippen molar-refractivity contribution in [3.05, 3.63) is 23.8 Å². The monoisotopic (exact) mass is 249 g/mol. The molecule has 1 amide bonds. The number of carbonyl (C=O) groups excluding carboxylic acids is 1. The molecule has 5 nitrogen and oxygen atoms in total. The number of piperazine rings is 1. The molecule has 3 N–H and O–H groups in total. The fourth-order valence-corrected chi connectivity index (χ4v) is 2.25. The van der Waals surface area contributed by atoms with Crippen LogP contribution in [-0.2, 0) is 0 Å². The van der Waals surface area contributed by atoms with Crippen LogP contribution in [0.15, 0.2) is 18.2 Å². The van der Waals surface area contributed by atoms with E-state index in [-0.39, 0.29) is 0 Å². The average molecular weight is 249 g/mol. The van der Waals surface area contributed by atoms with Gasteiger partial charge in [-0.2, -0.15) is 0 Å². The molecule has 18 heavy (non-hydrogen) atoms. The van der Waals surface area contributed by atoms with Crippen molar-refractivity contribution in [3.63, 3.8) is 0 Å². The van der Waals surface area contributed by atoms with Gasteiger partial charge in [-0.05, 0) is 25.1 Å². The number of amides is 1. The minimum absolute atomic E-state index is 0.432. The first-order valence-electron chi connectivity index (χ1n) is 6.08. The van der Waals surface area contributed by atoms with Crippen LogP contribution in [0.1, 0.15) is 17.3 Å². The number of methoxy groups -OCH3 is 1. The molecule has 1 atom stereocenters. The molecule has 5 heteroatoms. The summed E-state index contributed by atoms with van der Waals surface area (Å²) >= 11 is 0. The molecule has 0 bridgehead atoms. The Bertz CT molecular complexity index is 448. The van der Waals surface area contributed by atoms with E-state index in [1.54, 1.807) is 12.1 Å². The van der Waals surface area contributed by atoms with Gasteiger partial charge in [0, 0.05) is 31.4 Å². The van der Waals surface area contributed by atoms with Crippen LogP contribution in [0.3, 0.4) is 0 Å². The Morgan fingerprint density at radius 2 is 2.33 bits per heavy atom. The van der Waals surface area contributed by atoms with Gasteiger partial charge in [-0.3, -0.25) is 4.79 Å². The molecule has 2 rings (SSSR count). The maximum Gasteiger partial charge on any atom is 0.252 e. The number of carbonyl (C=O) groups is 1. The minimum Gasteiger partial charge on any atom is -0.496 e. The second-order valence-corrected chi connectivity index (χ2v) is 4.55. The maximum atomic E-state index is 11.4. The summed E-state index contributed by atoms with van der Waals surface area (Å²) < 4.78 is 5.14. The Hall–Kier alpha value is -1.75. The zero-order valence-corrected chi connectivity index (χ0v) is 10.8. The first-order valence-corrected chi connectivity index (χ1v) is 6.08. The number of ether oxygens (including phenoxy) is 1. The van der Waals surface area contributed by atoms with E-state index in [1.165, 1.54) is 7.11 Å². The number of anilines is 1. The lowest BCUT2D eigenvalue weighted by Gasteiger charge is -2.33. The predicted octanol–water partition coefficient (Wildman–Crippen LogP) is 0.592. The van der Waals surface area contributed by atoms with Crippen molar-refractivity contribution in [2.24, 2.45) is 5.73 Å². The lowest BCUT2D eigenvalue weighted by atomic mass is 10.1. The quantitative estimate of drug-likeness (QED) is 0.823. The smallest absolute Gasteiger partial charge is 0.252 e. The molecule has 1 heterocycles. The highest BCUT2D eigenvalue weighted by molar-refractivity contribution is 5.96. The summed E-state index contributed by atoms with van der Waals surface area (Å²) in [5, 5.41) is 3.38. The van der Waals surface area contributed by atoms with Gasteiger partial charge in [0.1, 0.15) is 5.75 Å². The summed E-state index contributed by atoms with van der Waals surface area (Å²) in [6, 6.07) is 6.00. The van der Waals surface area contributed by atoms with Crippen molar-refractivity contribution in [1.82, 2.24) is 5.32 Å². The zero-order chi connectivity index (χ0) is 13.1. The fourth-order valence-electron chi connectivity index (χ4n) is 2.25. The normalized spacial score (nSPS) is 19.7. The van der Waals surface area contributed by atoms with Crippen molar-refractivity contribution in [2.75, 3.05) is 31.6 Å². The van der Waals surface area contributed by atoms with Gasteiger partial charge in [-0.25, -0.2) is 0 Å². The molecular formula is C13H19N3O2. The van der Waals surface area contributed by atoms with E-state index < -0.39 is 5.91 Å². The van der Waals surface area contributed by atoms with Crippen LogP contribution in [-0.4, -0.2) is 38.7 Å². The van der Waals surface area contributed by atoms with Crippen LogP contribution >= 0.6 is 0 Å². The first-order chi connectivity index (χ1) is 8.61. The Morgan fingerprint density at radius 3 is 2.94 bits per heavy atom. The van der Waals surface area contributed by atoms with Gasteiger partial charge < -0.3 is 20.7 Å². The van der Waals surface area contributed by atoms with Crippen LogP contribution in [0.4, 0.5) is 5.69 Å². The molecule has 1 aromatic carbocycles. The van der Waals surface area contributed by atoms with Crippen molar-refractivity contribution in [3.8, 4) is 5.75 Å². The van der Waals surface area contributed by atoms with Gasteiger partial charge in [0.05, 0.1) is 12.7 Å². The number of hydrogen-bond acceptors (Lipinski definition) is 4. The second-order valence-electron chi connectivity index (χ2n) is 4.55. The van der Waals surface area contributed by atoms with E-state index in [9.17, 15) is 4.79 Å². The molecular weight excluding hydrogens is 230 g/mol. The molecule has 1 saturated heterocycles. The summed E-state index contributed by atoms with van der Waals surface area (Å²) in [6.45, 7) is 4.93. The van der Waals surface area contributed by atoms with E-state index in [0.29, 0.717) is 17.4 Å². The molecule has 1 aromatic rings. The van der Waals surface area contributed by atoms with Crippen LogP contribution in [0.2, 0.25) is 0 Å². The number of rotatable bonds is 3. The Kier molecular flexibility index (Phi) is 3.72. The highest BCUT2D eigenvalue weighted by Crippen LogP contribution is 2.25. The van der Waals surface area contributed by atoms with Gasteiger partial charge in [0.15, 0.2) is 0 Å². The summed E-state index contributed by atoms with van der Waals surface area (Å²) in [5.74, 6) is 0.0614. The Balaban J connectivity index is 2.28. The number of nitrogens with zero attached hydrogens (tertiary/aromatic N) is 1. The molecule has 0 radical (unpaired) electrons. The van der Waals surface area contributed by atoms with Crippen LogP contribution < -0.4 is 20.7 Å². The molecule has 1 aliphatic rings. The summed E-state index contributed by atoms with van der Waals surface area (Å²) in [6.07, 6.45) is 0. The summed E-state index contributed by atoms with van der Waals surface area (Å²) in [4.78, 5) is 13.6. The van der Waals surface area contributed by atoms with Gasteiger partial charge in [-0.1, -0.05) is 0 Å². The number of benzene rings is 1. The Morgan fingerprint density at radius 1 is 1.56 bits per heavy atom. The maximum absolute atomic E-state index is 11.4. The van der Waals surface area contributed by atoms with Crippen LogP contribution in [0, 0.1) is 0 Å². The SMILES string of the molecule is COc1ccc(N2CCN[C@H](C)C2)cc1C(N)=O. The number of primary amides is 1. The molecule has 0 aliphatic carbocycles. The molecule has 0 spiro atoms. The largest absolute Gasteiger partial charge is 0.496 e. The lowest BCUT2D eigenvalue weighted by molar-refractivity contribution is 0.0997. The Labute approximate surface area is 107 Å². The van der Waals surface area contributed by atoms with Crippen molar-refractivity contribution >= 4 is 11.6 Å². The molecule has 1 aliphatic heterocycles. The number of nitrogens with two attached hydrogens (primary N) is 1. The lowest BCUT2D eigenvalue weighted by Crippen LogP contribution is -2.49. The van der Waals surface area contributed by atoms with E-state index in [1.807, 2.05) is 6.07 Å². The highest BCUT2D eigenvalue weighted by atomic mass is 16.5. The molecule has 98 valence electrons. The number of nitrogens with one attached hydrogen (secondary N) is 1. The van der Waals surface area contributed by atoms with E-state index in [4.69, 9.17) is 10.5 Å². The molecule has 0 aromatic heterocycles.